The Morgan fingerprint density at radius 3 is 2.94 bits per heavy atom. The zero-order valence-corrected chi connectivity index (χ0v) is 17.9. The molecule has 0 spiro atoms. The van der Waals surface area contributed by atoms with Crippen molar-refractivity contribution in [1.82, 2.24) is 30.5 Å². The molecule has 2 aromatic heterocycles. The molecule has 11 heteroatoms. The highest BCUT2D eigenvalue weighted by Gasteiger charge is 2.44. The molecule has 2 bridgehead atoms. The molecule has 2 unspecified atom stereocenters. The molecule has 2 aliphatic rings. The first-order valence-corrected chi connectivity index (χ1v) is 10.9. The Morgan fingerprint density at radius 2 is 2.13 bits per heavy atom. The van der Waals surface area contributed by atoms with Crippen LogP contribution >= 0.6 is 11.3 Å². The van der Waals surface area contributed by atoms with Gasteiger partial charge in [0.05, 0.1) is 18.7 Å². The molecule has 0 aliphatic carbocycles. The lowest BCUT2D eigenvalue weighted by atomic mass is 9.97. The third-order valence-electron chi connectivity index (χ3n) is 5.99. The van der Waals surface area contributed by atoms with E-state index < -0.39 is 6.17 Å². The second-order valence-electron chi connectivity index (χ2n) is 7.82. The van der Waals surface area contributed by atoms with E-state index >= 15 is 0 Å². The molecule has 1 aromatic carbocycles. The number of methoxy groups -OCH3 is 1. The van der Waals surface area contributed by atoms with Crippen LogP contribution in [0.15, 0.2) is 24.5 Å². The summed E-state index contributed by atoms with van der Waals surface area (Å²) in [6.07, 6.45) is 3.05. The van der Waals surface area contributed by atoms with E-state index in [1.165, 1.54) is 24.8 Å². The molecule has 4 heterocycles. The lowest BCUT2D eigenvalue weighted by molar-refractivity contribution is 0.176. The average molecular weight is 444 g/mol. The van der Waals surface area contributed by atoms with Crippen molar-refractivity contribution < 1.29 is 14.2 Å². The summed E-state index contributed by atoms with van der Waals surface area (Å²) in [7, 11) is 3.34. The Bertz CT molecular complexity index is 1100. The van der Waals surface area contributed by atoms with Crippen LogP contribution in [0.1, 0.15) is 19.3 Å². The summed E-state index contributed by atoms with van der Waals surface area (Å²) >= 11 is 1.33. The van der Waals surface area contributed by atoms with E-state index in [-0.39, 0.29) is 23.8 Å². The van der Waals surface area contributed by atoms with Crippen LogP contribution < -0.4 is 15.0 Å². The van der Waals surface area contributed by atoms with Crippen molar-refractivity contribution in [3.8, 4) is 33.7 Å². The third-order valence-corrected chi connectivity index (χ3v) is 7.03. The second-order valence-corrected chi connectivity index (χ2v) is 8.78. The number of benzene rings is 1. The zero-order chi connectivity index (χ0) is 21.5. The van der Waals surface area contributed by atoms with Gasteiger partial charge < -0.3 is 20.1 Å². The molecule has 0 radical (unpaired) electrons. The Hall–Kier alpha value is -2.92. The Morgan fingerprint density at radius 1 is 1.26 bits per heavy atom. The maximum atomic E-state index is 14.9. The molecule has 31 heavy (non-hydrogen) atoms. The van der Waals surface area contributed by atoms with Gasteiger partial charge in [0.25, 0.3) is 0 Å². The van der Waals surface area contributed by atoms with E-state index in [0.717, 1.165) is 19.3 Å². The number of phenols is 1. The van der Waals surface area contributed by atoms with Crippen molar-refractivity contribution in [2.45, 2.75) is 43.6 Å². The van der Waals surface area contributed by atoms with Gasteiger partial charge in [-0.1, -0.05) is 17.4 Å². The van der Waals surface area contributed by atoms with Gasteiger partial charge in [0, 0.05) is 24.7 Å². The van der Waals surface area contributed by atoms with Gasteiger partial charge in [-0.3, -0.25) is 0 Å². The molecule has 2 saturated heterocycles. The predicted octanol–water partition coefficient (Wildman–Crippen LogP) is 2.44. The van der Waals surface area contributed by atoms with E-state index in [2.05, 4.69) is 30.5 Å². The normalized spacial score (nSPS) is 24.9. The molecular formula is C20H22FN7O2S. The first-order chi connectivity index (χ1) is 15.0. The molecular weight excluding hydrogens is 421 g/mol. The van der Waals surface area contributed by atoms with Crippen molar-refractivity contribution in [2.75, 3.05) is 19.1 Å². The molecule has 9 nitrogen and oxygen atoms in total. The first-order valence-electron chi connectivity index (χ1n) is 10.1. The Labute approximate surface area is 182 Å². The molecule has 0 amide bonds. The van der Waals surface area contributed by atoms with Gasteiger partial charge in [0.15, 0.2) is 10.8 Å². The molecule has 2 N–H and O–H groups in total. The smallest absolute Gasteiger partial charge is 0.319 e. The van der Waals surface area contributed by atoms with Gasteiger partial charge in [-0.15, -0.1) is 10.2 Å². The van der Waals surface area contributed by atoms with E-state index in [9.17, 15) is 9.50 Å². The molecule has 3 aromatic rings. The minimum absolute atomic E-state index is 0.0329. The number of nitrogens with one attached hydrogen (secondary N) is 1. The van der Waals surface area contributed by atoms with Crippen LogP contribution in [0.3, 0.4) is 0 Å². The van der Waals surface area contributed by atoms with Crippen LogP contribution in [0.25, 0.3) is 22.0 Å². The number of hydrogen-bond donors (Lipinski definition) is 2. The number of hydrogen-bond acceptors (Lipinski definition) is 10. The van der Waals surface area contributed by atoms with Crippen LogP contribution in [-0.4, -0.2) is 68.7 Å². The summed E-state index contributed by atoms with van der Waals surface area (Å²) in [5.74, 6) is 0.423. The largest absolute Gasteiger partial charge is 0.507 e. The topological polar surface area (TPSA) is 109 Å². The number of piperidine rings is 1. The number of halogens is 1. The highest BCUT2D eigenvalue weighted by atomic mass is 32.1. The third kappa shape index (κ3) is 3.68. The van der Waals surface area contributed by atoms with Crippen LogP contribution in [0.2, 0.25) is 0 Å². The lowest BCUT2D eigenvalue weighted by Gasteiger charge is -2.38. The number of rotatable bonds is 5. The van der Waals surface area contributed by atoms with Crippen molar-refractivity contribution in [3.63, 3.8) is 0 Å². The number of phenolic OH excluding ortho intramolecular Hbond substituents is 1. The maximum absolute atomic E-state index is 14.9. The second kappa shape index (κ2) is 7.97. The number of aromatic nitrogens is 5. The maximum Gasteiger partial charge on any atom is 0.319 e. The fourth-order valence-corrected chi connectivity index (χ4v) is 5.23. The van der Waals surface area contributed by atoms with Crippen LogP contribution in [0.4, 0.5) is 9.52 Å². The van der Waals surface area contributed by atoms with E-state index in [0.29, 0.717) is 33.1 Å². The highest BCUT2D eigenvalue weighted by Crippen LogP contribution is 2.38. The van der Waals surface area contributed by atoms with Crippen molar-refractivity contribution in [3.05, 3.63) is 24.5 Å². The number of nitrogens with zero attached hydrogens (tertiary/aromatic N) is 6. The fraction of sp³-hybridized carbons (Fsp3) is 0.450. The molecule has 5 rings (SSSR count). The van der Waals surface area contributed by atoms with E-state index in [1.807, 2.05) is 11.9 Å². The lowest BCUT2D eigenvalue weighted by Crippen LogP contribution is -2.55. The van der Waals surface area contributed by atoms with E-state index in [4.69, 9.17) is 4.74 Å². The average Bonchev–Trinajstić information content (AvgIpc) is 3.44. The molecule has 162 valence electrons. The van der Waals surface area contributed by atoms with Crippen LogP contribution in [0, 0.1) is 0 Å². The van der Waals surface area contributed by atoms with Gasteiger partial charge in [0.1, 0.15) is 18.2 Å². The summed E-state index contributed by atoms with van der Waals surface area (Å²) in [6.45, 7) is 0. The summed E-state index contributed by atoms with van der Waals surface area (Å²) in [6, 6.07) is 5.35. The highest BCUT2D eigenvalue weighted by molar-refractivity contribution is 7.18. The summed E-state index contributed by atoms with van der Waals surface area (Å²) < 4.78 is 19.9. The zero-order valence-electron chi connectivity index (χ0n) is 17.1. The van der Waals surface area contributed by atoms with Gasteiger partial charge in [0.2, 0.25) is 5.13 Å². The summed E-state index contributed by atoms with van der Waals surface area (Å²) in [4.78, 5) is 14.1. The summed E-state index contributed by atoms with van der Waals surface area (Å²) in [5, 5.41) is 23.7. The molecule has 2 fully saturated rings. The van der Waals surface area contributed by atoms with Gasteiger partial charge in [-0.2, -0.15) is 9.97 Å². The van der Waals surface area contributed by atoms with Crippen LogP contribution in [0.5, 0.6) is 11.8 Å². The minimum Gasteiger partial charge on any atom is -0.507 e. The predicted molar refractivity (Wildman–Crippen MR) is 114 cm³/mol. The number of ether oxygens (including phenoxy) is 1. The van der Waals surface area contributed by atoms with Crippen LogP contribution in [-0.2, 0) is 0 Å². The van der Waals surface area contributed by atoms with E-state index in [1.54, 1.807) is 18.2 Å². The molecule has 0 saturated carbocycles. The monoisotopic (exact) mass is 443 g/mol. The van der Waals surface area contributed by atoms with Gasteiger partial charge in [-0.05, 0) is 31.4 Å². The number of aromatic hydroxyl groups is 1. The molecule has 2 aliphatic heterocycles. The summed E-state index contributed by atoms with van der Waals surface area (Å²) in [5.41, 5.74) is 1.17. The first kappa shape index (κ1) is 20.0. The number of anilines is 1. The number of fused-ring (bicyclic) bond motifs is 2. The SMILES string of the molecule is COc1ncnc(-c2ccc(-c3nnc(N(C)[C@H]4CC5CCC(N5)[C@H]4F)s3)c(O)c2)n1. The standard InChI is InChI=1S/C20H22FN7O2S/c1-28(14-8-11-4-6-13(24-11)16(14)21)20-27-26-18(31-20)12-5-3-10(7-15(12)29)17-22-9-23-19(25-17)30-2/h3,5,7,9,11,13-14,16,24,29H,4,6,8H2,1-2H3/t11?,13?,14-,16+/m0/s1. The minimum atomic E-state index is -0.943. The quantitative estimate of drug-likeness (QED) is 0.614. The molecule has 4 atom stereocenters. The Kier molecular flexibility index (Phi) is 5.14. The van der Waals surface area contributed by atoms with Crippen molar-refractivity contribution >= 4 is 16.5 Å². The van der Waals surface area contributed by atoms with Gasteiger partial charge in [-0.25, -0.2) is 9.37 Å². The van der Waals surface area contributed by atoms with Gasteiger partial charge >= 0.3 is 6.01 Å². The van der Waals surface area contributed by atoms with Crippen molar-refractivity contribution in [1.29, 1.82) is 0 Å². The number of alkyl halides is 1. The van der Waals surface area contributed by atoms with Crippen molar-refractivity contribution in [2.24, 2.45) is 0 Å². The Balaban J connectivity index is 1.38. The fourth-order valence-electron chi connectivity index (χ4n) is 4.33.